The van der Waals surface area contributed by atoms with Gasteiger partial charge in [0.2, 0.25) is 0 Å². The summed E-state index contributed by atoms with van der Waals surface area (Å²) >= 11 is -18.1. The van der Waals surface area contributed by atoms with E-state index in [0.29, 0.717) is 0 Å². The standard InChI is InChI=1S/La.Na.3H2O4Te.Zn/c;;3*1-5(2,3)4;/h;;3*(H2,1,2,3,4);/q+3;+1;;;;+2/p-6. The molecule has 0 aliphatic carbocycles. The van der Waals surface area contributed by atoms with Gasteiger partial charge in [-0.3, -0.25) is 0 Å². The Hall–Kier alpha value is 3.75. The Morgan fingerprint density at radius 3 is 0.500 bits per heavy atom. The molecule has 0 aromatic heterocycles. The minimum atomic E-state index is -6.02. The molecular formula is LaNaO12Te3Zn. The second kappa shape index (κ2) is 17.1. The fourth-order valence-electron chi connectivity index (χ4n) is 0. The summed E-state index contributed by atoms with van der Waals surface area (Å²) in [6.07, 6.45) is 0. The molecular weight excluding hydrogens is 802 g/mol. The van der Waals surface area contributed by atoms with Crippen molar-refractivity contribution in [2.75, 3.05) is 0 Å². The number of hydrogen-bond acceptors (Lipinski definition) is 12. The first-order chi connectivity index (χ1) is 6.00. The van der Waals surface area contributed by atoms with Crippen LogP contribution in [-0.2, 0) is 38.1 Å². The van der Waals surface area contributed by atoms with Crippen LogP contribution in [0.15, 0.2) is 0 Å². The topological polar surface area (TPSA) is 241 Å². The smallest absolute Gasteiger partial charge is 1.00 e. The van der Waals surface area contributed by atoms with Crippen molar-refractivity contribution in [2.24, 2.45) is 0 Å². The number of hydrogen-bond donors (Lipinski definition) is 0. The monoisotopic (exact) mass is 807 g/mol. The van der Waals surface area contributed by atoms with Gasteiger partial charge in [0.15, 0.2) is 0 Å². The Morgan fingerprint density at radius 1 is 0.500 bits per heavy atom. The van der Waals surface area contributed by atoms with Gasteiger partial charge in [-0.2, -0.15) is 0 Å². The molecule has 0 bridgehead atoms. The first-order valence-corrected chi connectivity index (χ1v) is 13.4. The van der Waals surface area contributed by atoms with E-state index < -0.39 is 56.9 Å². The van der Waals surface area contributed by atoms with Gasteiger partial charge in [-0.1, -0.05) is 0 Å². The van der Waals surface area contributed by atoms with Gasteiger partial charge in [0, 0.05) is 0 Å². The first-order valence-electron chi connectivity index (χ1n) is 2.00. The molecule has 0 fully saturated rings. The van der Waals surface area contributed by atoms with E-state index in [2.05, 4.69) is 0 Å². The molecule has 0 radical (unpaired) electrons. The molecule has 0 saturated heterocycles. The molecule has 0 amide bonds. The van der Waals surface area contributed by atoms with Crippen LogP contribution in [0.4, 0.5) is 0 Å². The Bertz CT molecular complexity index is 348. The fourth-order valence-corrected chi connectivity index (χ4v) is 0. The van der Waals surface area contributed by atoms with Crippen LogP contribution in [-0.4, -0.2) is 56.9 Å². The third kappa shape index (κ3) is 494. The Balaban J connectivity index is -0.0000000277. The molecule has 0 N–H and O–H groups in total. The van der Waals surface area contributed by atoms with Gasteiger partial charge < -0.3 is 0 Å². The van der Waals surface area contributed by atoms with Crippen LogP contribution in [0.2, 0.25) is 0 Å². The first kappa shape index (κ1) is 37.7. The summed E-state index contributed by atoms with van der Waals surface area (Å²) in [5.41, 5.74) is 0. The normalized spacial score (nSPS) is 9.67. The molecule has 0 aromatic carbocycles. The molecule has 0 aliphatic heterocycles. The average molecular weight is 802 g/mol. The molecule has 0 atom stereocenters. The molecule has 12 nitrogen and oxygen atoms in total. The summed E-state index contributed by atoms with van der Waals surface area (Å²) in [4.78, 5) is 0. The second-order valence-corrected chi connectivity index (χ2v) is 8.22. The molecule has 0 aliphatic rings. The van der Waals surface area contributed by atoms with Gasteiger partial charge in [-0.25, -0.2) is 0 Å². The van der Waals surface area contributed by atoms with Crippen molar-refractivity contribution < 1.29 is 124 Å². The van der Waals surface area contributed by atoms with Crippen molar-refractivity contribution >= 4 is 56.9 Å². The molecule has 18 heteroatoms. The summed E-state index contributed by atoms with van der Waals surface area (Å²) in [7, 11) is 0. The zero-order chi connectivity index (χ0) is 13.5. The van der Waals surface area contributed by atoms with Gasteiger partial charge in [0.1, 0.15) is 0 Å². The molecule has 18 heavy (non-hydrogen) atoms. The van der Waals surface area contributed by atoms with E-state index in [9.17, 15) is 0 Å². The summed E-state index contributed by atoms with van der Waals surface area (Å²) in [6.45, 7) is 0. The van der Waals surface area contributed by atoms with Gasteiger partial charge in [-0.05, 0) is 0 Å². The van der Waals surface area contributed by atoms with Crippen molar-refractivity contribution in [3.8, 4) is 0 Å². The minimum Gasteiger partial charge on any atom is 1.00 e. The van der Waals surface area contributed by atoms with Gasteiger partial charge in [0.25, 0.3) is 0 Å². The minimum absolute atomic E-state index is 0. The van der Waals surface area contributed by atoms with E-state index in [4.69, 9.17) is 39.5 Å². The summed E-state index contributed by atoms with van der Waals surface area (Å²) in [5.74, 6) is 0. The Morgan fingerprint density at radius 2 is 0.500 bits per heavy atom. The largest absolute Gasteiger partial charge is 3.00 e. The molecule has 96 valence electrons. The van der Waals surface area contributed by atoms with E-state index in [1.807, 2.05) is 0 Å². The van der Waals surface area contributed by atoms with Crippen LogP contribution >= 0.6 is 0 Å². The zero-order valence-electron chi connectivity index (χ0n) is 8.41. The van der Waals surface area contributed by atoms with E-state index in [1.165, 1.54) is 0 Å². The van der Waals surface area contributed by atoms with Crippen LogP contribution in [0.5, 0.6) is 0 Å². The quantitative estimate of drug-likeness (QED) is 0.208. The van der Waals surface area contributed by atoms with Gasteiger partial charge in [0.05, 0.1) is 0 Å². The van der Waals surface area contributed by atoms with E-state index in [0.717, 1.165) is 0 Å². The van der Waals surface area contributed by atoms with Crippen LogP contribution in [0.25, 0.3) is 0 Å². The summed E-state index contributed by atoms with van der Waals surface area (Å²) in [5, 5.41) is 0. The maximum absolute atomic E-state index is 8.63. The average Bonchev–Trinajstić information content (AvgIpc) is 1.41. The van der Waals surface area contributed by atoms with E-state index in [-0.39, 0.29) is 84.6 Å². The molecule has 0 rings (SSSR count). The van der Waals surface area contributed by atoms with Crippen molar-refractivity contribution in [1.29, 1.82) is 0 Å². The van der Waals surface area contributed by atoms with Crippen LogP contribution in [0.3, 0.4) is 0 Å². The van der Waals surface area contributed by atoms with E-state index in [1.54, 1.807) is 0 Å². The fraction of sp³-hybridized carbons (Fsp3) is 0. The maximum atomic E-state index is 8.63. The van der Waals surface area contributed by atoms with Crippen molar-refractivity contribution in [2.45, 2.75) is 0 Å². The maximum Gasteiger partial charge on any atom is 3.00 e. The van der Waals surface area contributed by atoms with Crippen LogP contribution in [0.1, 0.15) is 0 Å². The molecule has 0 spiro atoms. The summed E-state index contributed by atoms with van der Waals surface area (Å²) in [6, 6.07) is 0. The predicted molar refractivity (Wildman–Crippen MR) is 21.4 cm³/mol. The number of rotatable bonds is 0. The van der Waals surface area contributed by atoms with Gasteiger partial charge in [-0.15, -0.1) is 0 Å². The predicted octanol–water partition coefficient (Wildman–Crippen LogP) is -12.0. The van der Waals surface area contributed by atoms with Crippen molar-refractivity contribution in [1.82, 2.24) is 0 Å². The zero-order valence-corrected chi connectivity index (χ0v) is 24.0. The molecule has 0 unspecified atom stereocenters. The second-order valence-electron chi connectivity index (χ2n) is 1.22. The third-order valence-electron chi connectivity index (χ3n) is 0. The molecule has 0 aromatic rings. The molecule has 0 heterocycles. The molecule has 0 saturated carbocycles. The van der Waals surface area contributed by atoms with Crippen molar-refractivity contribution in [3.63, 3.8) is 0 Å². The van der Waals surface area contributed by atoms with Gasteiger partial charge >= 0.3 is 181 Å². The van der Waals surface area contributed by atoms with Crippen LogP contribution < -0.4 is 50.4 Å². The van der Waals surface area contributed by atoms with Crippen LogP contribution in [0, 0.1) is 35.6 Å². The Kier molecular flexibility index (Phi) is 35.9. The SMILES string of the molecule is O=[Te](=O)([O-])[O-].O=[Te](=O)([O-])[O-].O=[Te](=O)([O-])[O-].[La+3].[Na+].[Zn+2]. The summed E-state index contributed by atoms with van der Waals surface area (Å²) < 4.78 is 104. The third-order valence-corrected chi connectivity index (χ3v) is 0. The van der Waals surface area contributed by atoms with E-state index >= 15 is 0 Å². The Labute approximate surface area is 177 Å². The van der Waals surface area contributed by atoms with Crippen molar-refractivity contribution in [3.05, 3.63) is 0 Å².